The normalized spacial score (nSPS) is 28.3. The van der Waals surface area contributed by atoms with Crippen molar-refractivity contribution in [2.75, 3.05) is 6.61 Å². The molecule has 1 fully saturated rings. The molecular weight excluding hydrogens is 343 g/mol. The highest BCUT2D eigenvalue weighted by Gasteiger charge is 2.54. The zero-order valence-corrected chi connectivity index (χ0v) is 15.6. The molecule has 0 aliphatic carbocycles. The topological polar surface area (TPSA) is 34.1 Å². The quantitative estimate of drug-likeness (QED) is 0.736. The van der Waals surface area contributed by atoms with Gasteiger partial charge in [-0.2, -0.15) is 5.10 Å². The van der Waals surface area contributed by atoms with Crippen molar-refractivity contribution < 1.29 is 13.9 Å². The molecule has 140 valence electrons. The van der Waals surface area contributed by atoms with Crippen LogP contribution in [-0.2, 0) is 4.74 Å². The van der Waals surface area contributed by atoms with Gasteiger partial charge in [-0.3, -0.25) is 0 Å². The lowest BCUT2D eigenvalue weighted by Crippen LogP contribution is -2.60. The molecule has 5 heteroatoms. The second-order valence-electron chi connectivity index (χ2n) is 8.24. The summed E-state index contributed by atoms with van der Waals surface area (Å²) in [5.41, 5.74) is 2.31. The lowest BCUT2D eigenvalue weighted by molar-refractivity contribution is -0.212. The van der Waals surface area contributed by atoms with E-state index in [4.69, 9.17) is 14.6 Å². The zero-order chi connectivity index (χ0) is 18.6. The van der Waals surface area contributed by atoms with Crippen LogP contribution in [0.2, 0.25) is 0 Å². The molecule has 0 N–H and O–H groups in total. The molecule has 0 unspecified atom stereocenters. The van der Waals surface area contributed by atoms with Gasteiger partial charge in [-0.05, 0) is 37.6 Å². The second-order valence-corrected chi connectivity index (χ2v) is 8.24. The summed E-state index contributed by atoms with van der Waals surface area (Å²) in [5, 5.41) is 7.15. The van der Waals surface area contributed by atoms with E-state index in [1.807, 2.05) is 18.2 Å². The Morgan fingerprint density at radius 2 is 1.89 bits per heavy atom. The highest BCUT2D eigenvalue weighted by atomic mass is 19.1. The van der Waals surface area contributed by atoms with Gasteiger partial charge in [-0.25, -0.2) is 9.40 Å². The summed E-state index contributed by atoms with van der Waals surface area (Å²) in [7, 11) is 0. The van der Waals surface area contributed by atoms with Gasteiger partial charge in [0.05, 0.1) is 24.0 Å². The maximum Gasteiger partial charge on any atom is 0.203 e. The molecule has 0 amide bonds. The summed E-state index contributed by atoms with van der Waals surface area (Å²) in [6.07, 6.45) is 2.29. The van der Waals surface area contributed by atoms with Crippen LogP contribution in [0.5, 0.6) is 5.75 Å². The fraction of sp³-hybridized carbons (Fsp3) is 0.409. The number of hydrazone groups is 1. The summed E-state index contributed by atoms with van der Waals surface area (Å²) in [6.45, 7) is 4.85. The van der Waals surface area contributed by atoms with Crippen LogP contribution >= 0.6 is 0 Å². The largest absolute Gasteiger partial charge is 0.466 e. The molecule has 3 heterocycles. The number of rotatable bonds is 1. The highest BCUT2D eigenvalue weighted by Crippen LogP contribution is 2.51. The molecule has 27 heavy (non-hydrogen) atoms. The van der Waals surface area contributed by atoms with E-state index in [1.165, 1.54) is 12.1 Å². The number of hydrogen-bond donors (Lipinski definition) is 0. The van der Waals surface area contributed by atoms with Crippen molar-refractivity contribution in [3.8, 4) is 5.75 Å². The van der Waals surface area contributed by atoms with Crippen LogP contribution in [-0.4, -0.2) is 28.7 Å². The lowest BCUT2D eigenvalue weighted by atomic mass is 9.86. The third-order valence-corrected chi connectivity index (χ3v) is 5.77. The molecule has 5 rings (SSSR count). The standard InChI is InChI=1S/C22H23FN2O2/c1-21(2)14-22(11-12-26-21)25-19(17-5-3-4-6-20(17)27-22)13-18(24-25)15-7-9-16(23)10-8-15/h3-10,19H,11-14H2,1-2H3/t19-,22+/m0/s1. The Labute approximate surface area is 158 Å². The van der Waals surface area contributed by atoms with Gasteiger partial charge in [0.2, 0.25) is 5.72 Å². The Balaban J connectivity index is 1.60. The first-order chi connectivity index (χ1) is 13.0. The van der Waals surface area contributed by atoms with Crippen LogP contribution in [0.25, 0.3) is 0 Å². The molecule has 1 spiro atoms. The van der Waals surface area contributed by atoms with Gasteiger partial charge in [-0.15, -0.1) is 0 Å². The van der Waals surface area contributed by atoms with Crippen molar-refractivity contribution >= 4 is 5.71 Å². The highest BCUT2D eigenvalue weighted by molar-refractivity contribution is 6.01. The van der Waals surface area contributed by atoms with Crippen molar-refractivity contribution in [2.45, 2.75) is 50.5 Å². The fourth-order valence-corrected chi connectivity index (χ4v) is 4.62. The van der Waals surface area contributed by atoms with Crippen LogP contribution in [0.3, 0.4) is 0 Å². The van der Waals surface area contributed by atoms with Crippen LogP contribution in [0, 0.1) is 5.82 Å². The number of benzene rings is 2. The molecule has 0 radical (unpaired) electrons. The Morgan fingerprint density at radius 1 is 1.11 bits per heavy atom. The molecule has 0 saturated carbocycles. The minimum atomic E-state index is -0.511. The number of para-hydroxylation sites is 1. The van der Waals surface area contributed by atoms with Crippen LogP contribution in [0.15, 0.2) is 53.6 Å². The maximum atomic E-state index is 13.4. The van der Waals surface area contributed by atoms with E-state index in [9.17, 15) is 4.39 Å². The monoisotopic (exact) mass is 366 g/mol. The third kappa shape index (κ3) is 2.72. The number of hydrogen-bond acceptors (Lipinski definition) is 4. The summed E-state index contributed by atoms with van der Waals surface area (Å²) in [4.78, 5) is 0. The fourth-order valence-electron chi connectivity index (χ4n) is 4.62. The van der Waals surface area contributed by atoms with E-state index >= 15 is 0 Å². The molecule has 0 aromatic heterocycles. The Morgan fingerprint density at radius 3 is 2.67 bits per heavy atom. The Bertz CT molecular complexity index is 909. The molecule has 0 bridgehead atoms. The second kappa shape index (κ2) is 5.80. The molecule has 3 aliphatic rings. The molecular formula is C22H23FN2O2. The number of halogens is 1. The van der Waals surface area contributed by atoms with Crippen molar-refractivity contribution in [3.63, 3.8) is 0 Å². The first-order valence-electron chi connectivity index (χ1n) is 9.51. The maximum absolute atomic E-state index is 13.4. The predicted octanol–water partition coefficient (Wildman–Crippen LogP) is 4.65. The molecule has 2 atom stereocenters. The van der Waals surface area contributed by atoms with Crippen molar-refractivity contribution in [3.05, 3.63) is 65.5 Å². The average molecular weight is 366 g/mol. The first kappa shape index (κ1) is 16.8. The molecule has 2 aromatic rings. The van der Waals surface area contributed by atoms with Crippen LogP contribution in [0.4, 0.5) is 4.39 Å². The summed E-state index contributed by atoms with van der Waals surface area (Å²) >= 11 is 0. The SMILES string of the molecule is CC1(C)C[C@@]2(CCO1)Oc1ccccc1[C@@H]1CC(c3ccc(F)cc3)=NN12. The number of nitrogens with zero attached hydrogens (tertiary/aromatic N) is 2. The summed E-state index contributed by atoms with van der Waals surface area (Å²) < 4.78 is 25.9. The van der Waals surface area contributed by atoms with Gasteiger partial charge in [0.15, 0.2) is 0 Å². The van der Waals surface area contributed by atoms with E-state index in [0.29, 0.717) is 6.61 Å². The molecule has 2 aromatic carbocycles. The molecule has 3 aliphatic heterocycles. The van der Waals surface area contributed by atoms with E-state index in [0.717, 1.165) is 41.9 Å². The van der Waals surface area contributed by atoms with E-state index < -0.39 is 5.72 Å². The minimum Gasteiger partial charge on any atom is -0.466 e. The number of fused-ring (bicyclic) bond motifs is 4. The van der Waals surface area contributed by atoms with Gasteiger partial charge in [0.25, 0.3) is 0 Å². The smallest absolute Gasteiger partial charge is 0.203 e. The zero-order valence-electron chi connectivity index (χ0n) is 15.6. The van der Waals surface area contributed by atoms with Gasteiger partial charge in [0.1, 0.15) is 11.6 Å². The minimum absolute atomic E-state index is 0.129. The third-order valence-electron chi connectivity index (χ3n) is 5.77. The van der Waals surface area contributed by atoms with E-state index in [2.05, 4.69) is 24.9 Å². The van der Waals surface area contributed by atoms with E-state index in [-0.39, 0.29) is 17.5 Å². The Hall–Kier alpha value is -2.40. The van der Waals surface area contributed by atoms with Crippen LogP contribution < -0.4 is 4.74 Å². The van der Waals surface area contributed by atoms with Crippen molar-refractivity contribution in [1.29, 1.82) is 0 Å². The summed E-state index contributed by atoms with van der Waals surface area (Å²) in [6, 6.07) is 15.0. The average Bonchev–Trinajstić information content (AvgIpc) is 3.08. The molecule has 1 saturated heterocycles. The molecule has 4 nitrogen and oxygen atoms in total. The Kier molecular flexibility index (Phi) is 3.60. The summed E-state index contributed by atoms with van der Waals surface area (Å²) in [5.74, 6) is 0.707. The van der Waals surface area contributed by atoms with E-state index in [1.54, 1.807) is 12.1 Å². The predicted molar refractivity (Wildman–Crippen MR) is 101 cm³/mol. The van der Waals surface area contributed by atoms with Gasteiger partial charge >= 0.3 is 0 Å². The number of ether oxygens (including phenoxy) is 2. The lowest BCUT2D eigenvalue weighted by Gasteiger charge is -2.52. The van der Waals surface area contributed by atoms with Crippen LogP contribution in [0.1, 0.15) is 50.3 Å². The first-order valence-corrected chi connectivity index (χ1v) is 9.51. The van der Waals surface area contributed by atoms with Crippen molar-refractivity contribution in [1.82, 2.24) is 5.01 Å². The van der Waals surface area contributed by atoms with Gasteiger partial charge in [-0.1, -0.05) is 30.3 Å². The van der Waals surface area contributed by atoms with Crippen molar-refractivity contribution in [2.24, 2.45) is 5.10 Å². The van der Waals surface area contributed by atoms with Gasteiger partial charge < -0.3 is 9.47 Å². The van der Waals surface area contributed by atoms with Gasteiger partial charge in [0, 0.05) is 24.8 Å².